The van der Waals surface area contributed by atoms with Crippen LogP contribution in [-0.4, -0.2) is 40.2 Å². The van der Waals surface area contributed by atoms with Crippen molar-refractivity contribution in [3.63, 3.8) is 0 Å². The fourth-order valence-corrected chi connectivity index (χ4v) is 4.79. The maximum absolute atomic E-state index is 14.3. The van der Waals surface area contributed by atoms with Crippen molar-refractivity contribution in [2.75, 3.05) is 11.9 Å². The highest BCUT2D eigenvalue weighted by Gasteiger charge is 2.41. The smallest absolute Gasteiger partial charge is 0.275 e. The lowest BCUT2D eigenvalue weighted by atomic mass is 10.0. The van der Waals surface area contributed by atoms with Crippen LogP contribution in [0.1, 0.15) is 45.3 Å². The Labute approximate surface area is 220 Å². The van der Waals surface area contributed by atoms with Gasteiger partial charge < -0.3 is 24.8 Å². The van der Waals surface area contributed by atoms with Crippen molar-refractivity contribution < 1.29 is 31.9 Å². The monoisotopic (exact) mass is 544 g/mol. The first-order valence-electron chi connectivity index (χ1n) is 12.3. The van der Waals surface area contributed by atoms with Gasteiger partial charge in [-0.05, 0) is 25.5 Å². The summed E-state index contributed by atoms with van der Waals surface area (Å²) in [4.78, 5) is 41.7. The number of hydrogen-bond acceptors (Lipinski definition) is 5. The molecular weight excluding hydrogens is 520 g/mol. The summed E-state index contributed by atoms with van der Waals surface area (Å²) in [5.74, 6) is -4.63. The van der Waals surface area contributed by atoms with Gasteiger partial charge >= 0.3 is 0 Å². The van der Waals surface area contributed by atoms with Gasteiger partial charge in [-0.25, -0.2) is 17.6 Å². The lowest BCUT2D eigenvalue weighted by molar-refractivity contribution is -0.111. The number of amides is 2. The van der Waals surface area contributed by atoms with Crippen LogP contribution in [-0.2, 0) is 24.4 Å². The number of ether oxygens (including phenoxy) is 1. The summed E-state index contributed by atoms with van der Waals surface area (Å²) in [5, 5.41) is 5.22. The molecule has 12 heteroatoms. The van der Waals surface area contributed by atoms with Gasteiger partial charge in [-0.1, -0.05) is 12.1 Å². The Morgan fingerprint density at radius 2 is 1.64 bits per heavy atom. The number of carbonyl (C=O) groups excluding carboxylic acids is 2. The SMILES string of the molecule is C[C@@H]1CCO[C@H]2Cn3cc(C(=O)NCc4ccc(F)cc4F)c(=O)c(NCc4ccc(F)cc4F)c3C(=O)N12. The molecule has 0 unspecified atom stereocenters. The molecule has 1 fully saturated rings. The van der Waals surface area contributed by atoms with E-state index >= 15 is 0 Å². The highest BCUT2D eigenvalue weighted by molar-refractivity contribution is 6.01. The van der Waals surface area contributed by atoms with Crippen molar-refractivity contribution in [1.82, 2.24) is 14.8 Å². The number of hydrogen-bond donors (Lipinski definition) is 2. The lowest BCUT2D eigenvalue weighted by Gasteiger charge is -2.44. The van der Waals surface area contributed by atoms with E-state index in [1.54, 1.807) is 0 Å². The van der Waals surface area contributed by atoms with Crippen LogP contribution in [0.15, 0.2) is 47.4 Å². The number of fused-ring (bicyclic) bond motifs is 2. The van der Waals surface area contributed by atoms with E-state index in [0.29, 0.717) is 25.2 Å². The van der Waals surface area contributed by atoms with E-state index in [4.69, 9.17) is 4.74 Å². The number of nitrogens with zero attached hydrogens (tertiary/aromatic N) is 2. The molecule has 2 aliphatic rings. The molecule has 2 aromatic carbocycles. The maximum atomic E-state index is 14.3. The van der Waals surface area contributed by atoms with Gasteiger partial charge in [0.05, 0.1) is 13.2 Å². The van der Waals surface area contributed by atoms with Crippen molar-refractivity contribution in [1.29, 1.82) is 0 Å². The zero-order valence-corrected chi connectivity index (χ0v) is 20.8. The second-order valence-electron chi connectivity index (χ2n) is 9.43. The van der Waals surface area contributed by atoms with Crippen LogP contribution in [0, 0.1) is 23.3 Å². The van der Waals surface area contributed by atoms with Gasteiger partial charge in [-0.3, -0.25) is 14.4 Å². The van der Waals surface area contributed by atoms with E-state index in [-0.39, 0.29) is 53.7 Å². The summed E-state index contributed by atoms with van der Waals surface area (Å²) in [6.45, 7) is 1.81. The van der Waals surface area contributed by atoms with Crippen LogP contribution in [0.4, 0.5) is 23.2 Å². The summed E-state index contributed by atoms with van der Waals surface area (Å²) in [6.07, 6.45) is 1.20. The normalized spacial score (nSPS) is 18.4. The van der Waals surface area contributed by atoms with Gasteiger partial charge in [-0.15, -0.1) is 0 Å². The summed E-state index contributed by atoms with van der Waals surface area (Å²) in [6, 6.07) is 5.67. The minimum atomic E-state index is -0.865. The maximum Gasteiger partial charge on any atom is 0.275 e. The number of pyridine rings is 1. The Hall–Kier alpha value is -4.19. The summed E-state index contributed by atoms with van der Waals surface area (Å²) in [7, 11) is 0. The van der Waals surface area contributed by atoms with E-state index in [2.05, 4.69) is 10.6 Å². The quantitative estimate of drug-likeness (QED) is 0.464. The van der Waals surface area contributed by atoms with Crippen molar-refractivity contribution in [3.05, 3.63) is 98.5 Å². The number of nitrogens with one attached hydrogen (secondary N) is 2. The number of halogens is 4. The van der Waals surface area contributed by atoms with Gasteiger partial charge in [0, 0.05) is 48.6 Å². The van der Waals surface area contributed by atoms with Crippen LogP contribution in [0.3, 0.4) is 0 Å². The predicted molar refractivity (Wildman–Crippen MR) is 132 cm³/mol. The Morgan fingerprint density at radius 3 is 2.28 bits per heavy atom. The molecule has 5 rings (SSSR count). The second kappa shape index (κ2) is 10.5. The second-order valence-corrected chi connectivity index (χ2v) is 9.43. The van der Waals surface area contributed by atoms with Gasteiger partial charge in [0.25, 0.3) is 11.8 Å². The zero-order valence-electron chi connectivity index (χ0n) is 20.8. The van der Waals surface area contributed by atoms with Crippen LogP contribution in [0.2, 0.25) is 0 Å². The molecule has 39 heavy (non-hydrogen) atoms. The lowest BCUT2D eigenvalue weighted by Crippen LogP contribution is -2.57. The van der Waals surface area contributed by atoms with E-state index in [9.17, 15) is 31.9 Å². The molecule has 0 radical (unpaired) electrons. The molecule has 8 nitrogen and oxygen atoms in total. The highest BCUT2D eigenvalue weighted by Crippen LogP contribution is 2.29. The third-order valence-electron chi connectivity index (χ3n) is 6.87. The molecular formula is C27H24F4N4O4. The Morgan fingerprint density at radius 1 is 1.00 bits per heavy atom. The van der Waals surface area contributed by atoms with Gasteiger partial charge in [0.15, 0.2) is 6.23 Å². The van der Waals surface area contributed by atoms with Crippen molar-refractivity contribution >= 4 is 17.5 Å². The Bertz CT molecular complexity index is 1530. The van der Waals surface area contributed by atoms with Crippen LogP contribution >= 0.6 is 0 Å². The molecule has 0 aliphatic carbocycles. The standard InChI is InChI=1S/C27H24F4N4O4/c1-14-6-7-39-22-13-34-12-19(26(37)33-11-16-3-5-18(29)9-21(16)31)25(36)23(24(34)27(38)35(14)22)32-10-15-2-4-17(28)8-20(15)30/h2-5,8-9,12,14,22,32H,6-7,10-11,13H2,1H3,(H,33,37)/t14-,22+/m1/s1. The summed E-state index contributed by atoms with van der Waals surface area (Å²) >= 11 is 0. The average Bonchev–Trinajstić information content (AvgIpc) is 2.88. The third kappa shape index (κ3) is 5.11. The first-order valence-corrected chi connectivity index (χ1v) is 12.3. The first kappa shape index (κ1) is 26.4. The predicted octanol–water partition coefficient (Wildman–Crippen LogP) is 3.54. The van der Waals surface area contributed by atoms with Crippen molar-refractivity contribution in [3.8, 4) is 0 Å². The number of carbonyl (C=O) groups is 2. The molecule has 1 aromatic heterocycles. The fourth-order valence-electron chi connectivity index (χ4n) is 4.79. The topological polar surface area (TPSA) is 92.7 Å². The molecule has 3 heterocycles. The Kier molecular flexibility index (Phi) is 7.13. The molecule has 2 N–H and O–H groups in total. The van der Waals surface area contributed by atoms with Crippen LogP contribution in [0.5, 0.6) is 0 Å². The molecule has 2 aliphatic heterocycles. The molecule has 0 bridgehead atoms. The van der Waals surface area contributed by atoms with Crippen molar-refractivity contribution in [2.45, 2.75) is 45.2 Å². The van der Waals surface area contributed by atoms with E-state index in [1.807, 2.05) is 6.92 Å². The minimum absolute atomic E-state index is 0.00311. The first-order chi connectivity index (χ1) is 18.6. The molecule has 2 atom stereocenters. The number of rotatable bonds is 6. The molecule has 1 saturated heterocycles. The Balaban J connectivity index is 1.51. The van der Waals surface area contributed by atoms with Gasteiger partial charge in [0.1, 0.15) is 40.2 Å². The summed E-state index contributed by atoms with van der Waals surface area (Å²) < 4.78 is 62.1. The largest absolute Gasteiger partial charge is 0.376 e. The van der Waals surface area contributed by atoms with E-state index in [1.165, 1.54) is 27.8 Å². The van der Waals surface area contributed by atoms with Crippen molar-refractivity contribution in [2.24, 2.45) is 0 Å². The van der Waals surface area contributed by atoms with E-state index < -0.39 is 46.7 Å². The molecule has 3 aromatic rings. The highest BCUT2D eigenvalue weighted by atomic mass is 19.1. The van der Waals surface area contributed by atoms with E-state index in [0.717, 1.165) is 12.1 Å². The minimum Gasteiger partial charge on any atom is -0.376 e. The molecule has 204 valence electrons. The number of benzene rings is 2. The van der Waals surface area contributed by atoms with Crippen LogP contribution < -0.4 is 16.1 Å². The average molecular weight is 545 g/mol. The zero-order chi connectivity index (χ0) is 27.8. The summed E-state index contributed by atoms with van der Waals surface area (Å²) in [5.41, 5.74) is -1.42. The third-order valence-corrected chi connectivity index (χ3v) is 6.87. The molecule has 0 saturated carbocycles. The van der Waals surface area contributed by atoms with Crippen LogP contribution in [0.25, 0.3) is 0 Å². The molecule has 0 spiro atoms. The number of aromatic nitrogens is 1. The van der Waals surface area contributed by atoms with Gasteiger partial charge in [-0.2, -0.15) is 0 Å². The number of anilines is 1. The van der Waals surface area contributed by atoms with Gasteiger partial charge in [0.2, 0.25) is 5.43 Å². The molecule has 2 amide bonds. The fraction of sp³-hybridized carbons (Fsp3) is 0.296.